The summed E-state index contributed by atoms with van der Waals surface area (Å²) in [6.07, 6.45) is 0. The summed E-state index contributed by atoms with van der Waals surface area (Å²) in [5, 5.41) is 38.2. The third-order valence-corrected chi connectivity index (χ3v) is 3.43. The van der Waals surface area contributed by atoms with E-state index in [4.69, 9.17) is 10.2 Å². The summed E-state index contributed by atoms with van der Waals surface area (Å²) >= 11 is 0. The first-order chi connectivity index (χ1) is 12.5. The Bertz CT molecular complexity index is 942. The lowest BCUT2D eigenvalue weighted by Crippen LogP contribution is -2.05. The van der Waals surface area contributed by atoms with Crippen molar-refractivity contribution in [3.05, 3.63) is 78.6 Å². The van der Waals surface area contributed by atoms with E-state index in [9.17, 15) is 34.2 Å². The van der Waals surface area contributed by atoms with Crippen LogP contribution in [0.15, 0.2) is 30.3 Å². The van der Waals surface area contributed by atoms with Gasteiger partial charge >= 0.3 is 11.9 Å². The Morgan fingerprint density at radius 3 is 1.78 bits per heavy atom. The zero-order chi connectivity index (χ0) is 20.9. The second kappa shape index (κ2) is 8.47. The lowest BCUT2D eigenvalue weighted by molar-refractivity contribution is -0.386. The van der Waals surface area contributed by atoms with Crippen LogP contribution in [0.25, 0.3) is 0 Å². The Balaban J connectivity index is 0.000000271. The first-order valence-electron chi connectivity index (χ1n) is 7.13. The largest absolute Gasteiger partial charge is 0.477 e. The average molecular weight is 380 g/mol. The molecule has 2 aromatic carbocycles. The molecular formula is C16H13FN2O8. The van der Waals surface area contributed by atoms with Crippen LogP contribution in [0.4, 0.5) is 15.8 Å². The fraction of sp³-hybridized carbons (Fsp3) is 0.125. The van der Waals surface area contributed by atoms with Crippen LogP contribution in [0.2, 0.25) is 0 Å². The van der Waals surface area contributed by atoms with Crippen LogP contribution in [-0.2, 0) is 0 Å². The SMILES string of the molecule is Cc1c(F)ccc(C(=O)O)c1[N+](=O)[O-].Cc1cccc(C(=O)O)c1[N+](=O)[O-]. The molecule has 0 radical (unpaired) electrons. The normalized spacial score (nSPS) is 9.74. The first kappa shape index (κ1) is 21.2. The van der Waals surface area contributed by atoms with Crippen molar-refractivity contribution in [3.8, 4) is 0 Å². The lowest BCUT2D eigenvalue weighted by Gasteiger charge is -2.01. The van der Waals surface area contributed by atoms with Crippen molar-refractivity contribution in [1.82, 2.24) is 0 Å². The molecule has 2 aromatic rings. The molecule has 11 heteroatoms. The standard InChI is InChI=1S/C8H6FNO4.C8H7NO4/c1-4-6(9)3-2-5(8(11)12)7(4)10(13)14;1-5-3-2-4-6(8(10)11)7(5)9(12)13/h2-3H,1H3,(H,11,12);2-4H,1H3,(H,10,11). The molecule has 27 heavy (non-hydrogen) atoms. The van der Waals surface area contributed by atoms with Crippen LogP contribution >= 0.6 is 0 Å². The predicted octanol–water partition coefficient (Wildman–Crippen LogP) is 3.34. The number of benzene rings is 2. The summed E-state index contributed by atoms with van der Waals surface area (Å²) < 4.78 is 12.9. The Kier molecular flexibility index (Phi) is 6.63. The quantitative estimate of drug-likeness (QED) is 0.603. The molecular weight excluding hydrogens is 367 g/mol. The van der Waals surface area contributed by atoms with Gasteiger partial charge in [-0.25, -0.2) is 14.0 Å². The van der Waals surface area contributed by atoms with Gasteiger partial charge < -0.3 is 10.2 Å². The summed E-state index contributed by atoms with van der Waals surface area (Å²) in [6, 6.07) is 5.97. The van der Waals surface area contributed by atoms with Gasteiger partial charge in [0.15, 0.2) is 0 Å². The van der Waals surface area contributed by atoms with Crippen LogP contribution in [0, 0.1) is 39.9 Å². The zero-order valence-corrected chi connectivity index (χ0v) is 14.0. The molecule has 0 heterocycles. The highest BCUT2D eigenvalue weighted by molar-refractivity contribution is 5.93. The number of nitrogens with zero attached hydrogens (tertiary/aromatic N) is 2. The Hall–Kier alpha value is -3.89. The maximum absolute atomic E-state index is 12.9. The number of hydrogen-bond acceptors (Lipinski definition) is 6. The first-order valence-corrected chi connectivity index (χ1v) is 7.13. The van der Waals surface area contributed by atoms with Gasteiger partial charge in [-0.1, -0.05) is 12.1 Å². The van der Waals surface area contributed by atoms with Crippen LogP contribution in [0.3, 0.4) is 0 Å². The van der Waals surface area contributed by atoms with E-state index in [2.05, 4.69) is 0 Å². The van der Waals surface area contributed by atoms with Gasteiger partial charge in [0.2, 0.25) is 0 Å². The summed E-state index contributed by atoms with van der Waals surface area (Å²) in [7, 11) is 0. The molecule has 0 unspecified atom stereocenters. The molecule has 0 aromatic heterocycles. The Morgan fingerprint density at radius 1 is 0.889 bits per heavy atom. The van der Waals surface area contributed by atoms with Gasteiger partial charge in [-0.15, -0.1) is 0 Å². The number of para-hydroxylation sites is 1. The van der Waals surface area contributed by atoms with E-state index in [1.807, 2.05) is 0 Å². The highest BCUT2D eigenvalue weighted by Crippen LogP contribution is 2.25. The number of aromatic carboxylic acids is 2. The molecule has 0 atom stereocenters. The number of rotatable bonds is 4. The molecule has 0 saturated heterocycles. The number of hydrogen-bond donors (Lipinski definition) is 2. The van der Waals surface area contributed by atoms with E-state index in [0.717, 1.165) is 12.1 Å². The summed E-state index contributed by atoms with van der Waals surface area (Å²) in [5.41, 5.74) is -1.73. The molecule has 10 nitrogen and oxygen atoms in total. The van der Waals surface area contributed by atoms with Crippen molar-refractivity contribution in [2.24, 2.45) is 0 Å². The van der Waals surface area contributed by atoms with Crippen LogP contribution < -0.4 is 0 Å². The summed E-state index contributed by atoms with van der Waals surface area (Å²) in [5.74, 6) is -3.52. The monoisotopic (exact) mass is 380 g/mol. The predicted molar refractivity (Wildman–Crippen MR) is 89.5 cm³/mol. The van der Waals surface area contributed by atoms with Crippen molar-refractivity contribution < 1.29 is 34.0 Å². The van der Waals surface area contributed by atoms with E-state index in [1.54, 1.807) is 0 Å². The smallest absolute Gasteiger partial charge is 0.342 e. The maximum Gasteiger partial charge on any atom is 0.342 e. The number of aryl methyl sites for hydroxylation is 1. The minimum Gasteiger partial charge on any atom is -0.477 e. The highest BCUT2D eigenvalue weighted by Gasteiger charge is 2.24. The zero-order valence-electron chi connectivity index (χ0n) is 14.0. The Labute approximate surface area is 150 Å². The maximum atomic E-state index is 12.9. The van der Waals surface area contributed by atoms with Crippen LogP contribution in [0.5, 0.6) is 0 Å². The van der Waals surface area contributed by atoms with E-state index in [0.29, 0.717) is 5.56 Å². The number of carbonyl (C=O) groups is 2. The molecule has 0 saturated carbocycles. The van der Waals surface area contributed by atoms with Crippen molar-refractivity contribution in [2.45, 2.75) is 13.8 Å². The number of halogens is 1. The fourth-order valence-corrected chi connectivity index (χ4v) is 2.16. The minimum atomic E-state index is -1.44. The second-order valence-electron chi connectivity index (χ2n) is 5.16. The van der Waals surface area contributed by atoms with Crippen LogP contribution in [0.1, 0.15) is 31.8 Å². The number of nitro groups is 2. The lowest BCUT2D eigenvalue weighted by atomic mass is 10.1. The van der Waals surface area contributed by atoms with Gasteiger partial charge in [-0.2, -0.15) is 0 Å². The summed E-state index contributed by atoms with van der Waals surface area (Å²) in [4.78, 5) is 40.5. The molecule has 0 aliphatic rings. The van der Waals surface area contributed by atoms with Crippen molar-refractivity contribution >= 4 is 23.3 Å². The molecule has 0 aliphatic carbocycles. The van der Waals surface area contributed by atoms with Gasteiger partial charge in [-0.3, -0.25) is 20.2 Å². The van der Waals surface area contributed by atoms with E-state index < -0.39 is 38.9 Å². The van der Waals surface area contributed by atoms with E-state index in [-0.39, 0.29) is 16.8 Å². The average Bonchev–Trinajstić information content (AvgIpc) is 2.56. The van der Waals surface area contributed by atoms with E-state index >= 15 is 0 Å². The third kappa shape index (κ3) is 4.81. The van der Waals surface area contributed by atoms with Gasteiger partial charge in [0.05, 0.1) is 15.4 Å². The molecule has 0 amide bonds. The van der Waals surface area contributed by atoms with Crippen LogP contribution in [-0.4, -0.2) is 32.0 Å². The molecule has 0 bridgehead atoms. The number of carboxylic acid groups (broad SMARTS) is 2. The Morgan fingerprint density at radius 2 is 1.37 bits per heavy atom. The molecule has 0 spiro atoms. The van der Waals surface area contributed by atoms with Crippen molar-refractivity contribution in [1.29, 1.82) is 0 Å². The number of carboxylic acids is 2. The molecule has 2 N–H and O–H groups in total. The van der Waals surface area contributed by atoms with Gasteiger partial charge in [0, 0.05) is 5.56 Å². The van der Waals surface area contributed by atoms with Gasteiger partial charge in [-0.05, 0) is 32.0 Å². The molecule has 142 valence electrons. The topological polar surface area (TPSA) is 161 Å². The third-order valence-electron chi connectivity index (χ3n) is 3.43. The van der Waals surface area contributed by atoms with Gasteiger partial charge in [0.1, 0.15) is 16.9 Å². The second-order valence-corrected chi connectivity index (χ2v) is 5.16. The number of nitro benzene ring substituents is 2. The molecule has 0 fully saturated rings. The highest BCUT2D eigenvalue weighted by atomic mass is 19.1. The molecule has 2 rings (SSSR count). The van der Waals surface area contributed by atoms with E-state index in [1.165, 1.54) is 32.0 Å². The molecule has 0 aliphatic heterocycles. The van der Waals surface area contributed by atoms with Gasteiger partial charge in [0.25, 0.3) is 11.4 Å². The van der Waals surface area contributed by atoms with Crippen molar-refractivity contribution in [2.75, 3.05) is 0 Å². The minimum absolute atomic E-state index is 0.269. The van der Waals surface area contributed by atoms with Crippen molar-refractivity contribution in [3.63, 3.8) is 0 Å². The summed E-state index contributed by atoms with van der Waals surface area (Å²) in [6.45, 7) is 2.67. The fourth-order valence-electron chi connectivity index (χ4n) is 2.16.